The number of nitrogens with zero attached hydrogens (tertiary/aromatic N) is 2. The Hall–Kier alpha value is -2.38. The van der Waals surface area contributed by atoms with Gasteiger partial charge in [0.2, 0.25) is 11.8 Å². The van der Waals surface area contributed by atoms with Gasteiger partial charge in [0.05, 0.1) is 19.1 Å². The van der Waals surface area contributed by atoms with E-state index < -0.39 is 0 Å². The lowest BCUT2D eigenvalue weighted by atomic mass is 10.1. The summed E-state index contributed by atoms with van der Waals surface area (Å²) in [4.78, 5) is 29.0. The molecule has 0 aromatic heterocycles. The van der Waals surface area contributed by atoms with E-state index in [-0.39, 0.29) is 24.2 Å². The molecule has 6 nitrogen and oxygen atoms in total. The van der Waals surface area contributed by atoms with Gasteiger partial charge in [-0.25, -0.2) is 0 Å². The molecule has 0 saturated carbocycles. The number of halogens is 1. The first kappa shape index (κ1) is 19.0. The number of amides is 2. The van der Waals surface area contributed by atoms with Gasteiger partial charge in [-0.2, -0.15) is 0 Å². The fraction of sp³-hybridized carbons (Fsp3) is 0.333. The molecule has 0 radical (unpaired) electrons. The molecule has 0 unspecified atom stereocenters. The maximum Gasteiger partial charge on any atom is 0.229 e. The molecule has 1 N–H and O–H groups in total. The normalized spacial score (nSPS) is 19.8. The summed E-state index contributed by atoms with van der Waals surface area (Å²) < 4.78 is 6.33. The molecule has 2 aromatic rings. The SMILES string of the molecule is O=C(Nc1ccc(N2CCOCC2)cc1)[C@@H]1CC(=O)N(c2ccc(Br)cc2)C1. The minimum atomic E-state index is -0.352. The quantitative estimate of drug-likeness (QED) is 0.787. The van der Waals surface area contributed by atoms with E-state index >= 15 is 0 Å². The molecule has 0 bridgehead atoms. The Morgan fingerprint density at radius 2 is 1.64 bits per heavy atom. The average Bonchev–Trinajstić information content (AvgIpc) is 3.12. The van der Waals surface area contributed by atoms with Crippen LogP contribution in [0.5, 0.6) is 0 Å². The zero-order valence-electron chi connectivity index (χ0n) is 15.4. The summed E-state index contributed by atoms with van der Waals surface area (Å²) in [7, 11) is 0. The monoisotopic (exact) mass is 443 g/mol. The second-order valence-electron chi connectivity index (χ2n) is 7.02. The first-order valence-electron chi connectivity index (χ1n) is 9.40. The predicted octanol–water partition coefficient (Wildman–Crippen LogP) is 3.28. The largest absolute Gasteiger partial charge is 0.378 e. The summed E-state index contributed by atoms with van der Waals surface area (Å²) in [5, 5.41) is 2.95. The summed E-state index contributed by atoms with van der Waals surface area (Å²) in [6, 6.07) is 15.4. The number of morpholine rings is 1. The molecule has 7 heteroatoms. The molecule has 2 saturated heterocycles. The van der Waals surface area contributed by atoms with Crippen LogP contribution in [0.15, 0.2) is 53.0 Å². The van der Waals surface area contributed by atoms with E-state index in [9.17, 15) is 9.59 Å². The number of benzene rings is 2. The van der Waals surface area contributed by atoms with Crippen molar-refractivity contribution in [3.05, 3.63) is 53.0 Å². The van der Waals surface area contributed by atoms with Gasteiger partial charge in [0.15, 0.2) is 0 Å². The van der Waals surface area contributed by atoms with Gasteiger partial charge < -0.3 is 19.9 Å². The van der Waals surface area contributed by atoms with Gasteiger partial charge in [0.1, 0.15) is 0 Å². The Morgan fingerprint density at radius 1 is 1.00 bits per heavy atom. The van der Waals surface area contributed by atoms with Crippen LogP contribution in [0, 0.1) is 5.92 Å². The molecule has 4 rings (SSSR count). The van der Waals surface area contributed by atoms with Crippen LogP contribution < -0.4 is 15.1 Å². The van der Waals surface area contributed by atoms with E-state index in [1.165, 1.54) is 0 Å². The van der Waals surface area contributed by atoms with Crippen molar-refractivity contribution in [3.8, 4) is 0 Å². The van der Waals surface area contributed by atoms with E-state index in [0.29, 0.717) is 6.54 Å². The van der Waals surface area contributed by atoms with Gasteiger partial charge >= 0.3 is 0 Å². The highest BCUT2D eigenvalue weighted by molar-refractivity contribution is 9.10. The van der Waals surface area contributed by atoms with Crippen molar-refractivity contribution < 1.29 is 14.3 Å². The number of carbonyl (C=O) groups is 2. The fourth-order valence-electron chi connectivity index (χ4n) is 3.58. The number of nitrogens with one attached hydrogen (secondary N) is 1. The lowest BCUT2D eigenvalue weighted by Gasteiger charge is -2.28. The van der Waals surface area contributed by atoms with Gasteiger partial charge in [0, 0.05) is 47.6 Å². The molecule has 146 valence electrons. The van der Waals surface area contributed by atoms with Crippen molar-refractivity contribution in [1.82, 2.24) is 0 Å². The molecule has 2 aliphatic heterocycles. The van der Waals surface area contributed by atoms with Crippen LogP contribution in [0.4, 0.5) is 17.1 Å². The first-order chi connectivity index (χ1) is 13.6. The van der Waals surface area contributed by atoms with Gasteiger partial charge in [-0.05, 0) is 48.5 Å². The molecule has 28 heavy (non-hydrogen) atoms. The van der Waals surface area contributed by atoms with Gasteiger partial charge in [-0.1, -0.05) is 15.9 Å². The summed E-state index contributed by atoms with van der Waals surface area (Å²) in [6.07, 6.45) is 0.230. The maximum atomic E-state index is 12.7. The van der Waals surface area contributed by atoms with Crippen molar-refractivity contribution in [1.29, 1.82) is 0 Å². The van der Waals surface area contributed by atoms with E-state index in [0.717, 1.165) is 47.8 Å². The van der Waals surface area contributed by atoms with Gasteiger partial charge in [0.25, 0.3) is 0 Å². The molecule has 2 aromatic carbocycles. The average molecular weight is 444 g/mol. The van der Waals surface area contributed by atoms with Crippen molar-refractivity contribution in [2.75, 3.05) is 48.0 Å². The van der Waals surface area contributed by atoms with Gasteiger partial charge in [-0.15, -0.1) is 0 Å². The van der Waals surface area contributed by atoms with Crippen LogP contribution in [0.1, 0.15) is 6.42 Å². The summed E-state index contributed by atoms with van der Waals surface area (Å²) in [5.41, 5.74) is 2.69. The Balaban J connectivity index is 1.37. The number of rotatable bonds is 4. The first-order valence-corrected chi connectivity index (χ1v) is 10.2. The van der Waals surface area contributed by atoms with Crippen LogP contribution in [-0.4, -0.2) is 44.7 Å². The Bertz CT molecular complexity index is 848. The molecule has 2 aliphatic rings. The number of ether oxygens (including phenoxy) is 1. The topological polar surface area (TPSA) is 61.9 Å². The summed E-state index contributed by atoms with van der Waals surface area (Å²) in [6.45, 7) is 3.63. The molecule has 2 fully saturated rings. The molecular formula is C21H22BrN3O3. The summed E-state index contributed by atoms with van der Waals surface area (Å²) >= 11 is 3.39. The number of hydrogen-bond donors (Lipinski definition) is 1. The van der Waals surface area contributed by atoms with Gasteiger partial charge in [-0.3, -0.25) is 9.59 Å². The molecule has 1 atom stereocenters. The third-order valence-electron chi connectivity index (χ3n) is 5.15. The van der Waals surface area contributed by atoms with Crippen molar-refractivity contribution in [2.45, 2.75) is 6.42 Å². The number of hydrogen-bond acceptors (Lipinski definition) is 4. The Kier molecular flexibility index (Phi) is 5.64. The standard InChI is InChI=1S/C21H22BrN3O3/c22-16-1-5-19(6-2-16)25-14-15(13-20(25)26)21(27)23-17-3-7-18(8-4-17)24-9-11-28-12-10-24/h1-8,15H,9-14H2,(H,23,27)/t15-/m1/s1. The molecular weight excluding hydrogens is 422 g/mol. The second kappa shape index (κ2) is 8.32. The van der Waals surface area contributed by atoms with E-state index in [2.05, 4.69) is 26.1 Å². The van der Waals surface area contributed by atoms with Crippen molar-refractivity contribution >= 4 is 44.8 Å². The fourth-order valence-corrected chi connectivity index (χ4v) is 3.84. The molecule has 0 spiro atoms. The maximum absolute atomic E-state index is 12.7. The predicted molar refractivity (Wildman–Crippen MR) is 113 cm³/mol. The highest BCUT2D eigenvalue weighted by atomic mass is 79.9. The minimum absolute atomic E-state index is 0.0230. The Labute approximate surface area is 172 Å². The zero-order valence-corrected chi connectivity index (χ0v) is 17.0. The van der Waals surface area contributed by atoms with Crippen molar-refractivity contribution in [3.63, 3.8) is 0 Å². The molecule has 2 heterocycles. The second-order valence-corrected chi connectivity index (χ2v) is 7.93. The number of carbonyl (C=O) groups excluding carboxylic acids is 2. The lowest BCUT2D eigenvalue weighted by molar-refractivity contribution is -0.122. The van der Waals surface area contributed by atoms with Crippen LogP contribution in [0.3, 0.4) is 0 Å². The van der Waals surface area contributed by atoms with Crippen LogP contribution in [0.25, 0.3) is 0 Å². The third-order valence-corrected chi connectivity index (χ3v) is 5.67. The van der Waals surface area contributed by atoms with Crippen LogP contribution in [-0.2, 0) is 14.3 Å². The highest BCUT2D eigenvalue weighted by Gasteiger charge is 2.35. The minimum Gasteiger partial charge on any atom is -0.378 e. The molecule has 2 amide bonds. The van der Waals surface area contributed by atoms with Crippen LogP contribution >= 0.6 is 15.9 Å². The summed E-state index contributed by atoms with van der Waals surface area (Å²) in [5.74, 6) is -0.493. The highest BCUT2D eigenvalue weighted by Crippen LogP contribution is 2.27. The van der Waals surface area contributed by atoms with E-state index in [4.69, 9.17) is 4.74 Å². The Morgan fingerprint density at radius 3 is 2.32 bits per heavy atom. The van der Waals surface area contributed by atoms with Crippen LogP contribution in [0.2, 0.25) is 0 Å². The van der Waals surface area contributed by atoms with Crippen molar-refractivity contribution in [2.24, 2.45) is 5.92 Å². The number of anilines is 3. The lowest BCUT2D eigenvalue weighted by Crippen LogP contribution is -2.36. The van der Waals surface area contributed by atoms with E-state index in [1.54, 1.807) is 4.90 Å². The van der Waals surface area contributed by atoms with E-state index in [1.807, 2.05) is 48.5 Å². The molecule has 0 aliphatic carbocycles. The smallest absolute Gasteiger partial charge is 0.229 e. The zero-order chi connectivity index (χ0) is 19.5. The third kappa shape index (κ3) is 4.20.